The summed E-state index contributed by atoms with van der Waals surface area (Å²) >= 11 is 0. The highest BCUT2D eigenvalue weighted by molar-refractivity contribution is 6.22. The Morgan fingerprint density at radius 3 is 2.48 bits per heavy atom. The van der Waals surface area contributed by atoms with Crippen LogP contribution in [0.15, 0.2) is 79.0 Å². The van der Waals surface area contributed by atoms with Gasteiger partial charge in [0.1, 0.15) is 0 Å². The third-order valence-electron chi connectivity index (χ3n) is 4.85. The molecule has 0 atom stereocenters. The lowest BCUT2D eigenvalue weighted by Crippen LogP contribution is -2.12. The van der Waals surface area contributed by atoms with Crippen molar-refractivity contribution in [3.63, 3.8) is 0 Å². The van der Waals surface area contributed by atoms with Crippen molar-refractivity contribution in [2.24, 2.45) is 0 Å². The number of rotatable bonds is 2. The van der Waals surface area contributed by atoms with Crippen LogP contribution in [-0.2, 0) is 0 Å². The fraction of sp³-hybridized carbons (Fsp3) is 0. The van der Waals surface area contributed by atoms with Crippen molar-refractivity contribution < 1.29 is 9.59 Å². The van der Waals surface area contributed by atoms with Crippen LogP contribution in [0.2, 0.25) is 0 Å². The van der Waals surface area contributed by atoms with E-state index in [1.807, 2.05) is 60.7 Å². The van der Waals surface area contributed by atoms with Gasteiger partial charge in [0.2, 0.25) is 0 Å². The SMILES string of the molecule is O=C(Nc1ccc2cccnc2c1)c1ccc2c(c1)C(=O)c1ccccc1-2. The average molecular weight is 350 g/mol. The predicted molar refractivity (Wildman–Crippen MR) is 105 cm³/mol. The van der Waals surface area contributed by atoms with Crippen LogP contribution in [0.5, 0.6) is 0 Å². The summed E-state index contributed by atoms with van der Waals surface area (Å²) in [5, 5.41) is 3.90. The molecule has 1 heterocycles. The Labute approximate surface area is 155 Å². The van der Waals surface area contributed by atoms with Crippen molar-refractivity contribution in [2.45, 2.75) is 0 Å². The van der Waals surface area contributed by atoms with Crippen LogP contribution in [0.3, 0.4) is 0 Å². The summed E-state index contributed by atoms with van der Waals surface area (Å²) in [6, 6.07) is 22.2. The summed E-state index contributed by atoms with van der Waals surface area (Å²) in [5.74, 6) is -0.290. The van der Waals surface area contributed by atoms with E-state index in [9.17, 15) is 9.59 Å². The first kappa shape index (κ1) is 15.5. The van der Waals surface area contributed by atoms with Crippen molar-refractivity contribution in [2.75, 3.05) is 5.32 Å². The minimum absolute atomic E-state index is 0.0369. The van der Waals surface area contributed by atoms with Gasteiger partial charge in [-0.05, 0) is 41.5 Å². The zero-order valence-corrected chi connectivity index (χ0v) is 14.3. The van der Waals surface area contributed by atoms with E-state index in [4.69, 9.17) is 0 Å². The first-order chi connectivity index (χ1) is 13.2. The Hall–Kier alpha value is -3.79. The molecule has 1 N–H and O–H groups in total. The molecule has 0 radical (unpaired) electrons. The number of hydrogen-bond donors (Lipinski definition) is 1. The molecular weight excluding hydrogens is 336 g/mol. The number of anilines is 1. The molecule has 1 amide bonds. The Morgan fingerprint density at radius 1 is 0.778 bits per heavy atom. The monoisotopic (exact) mass is 350 g/mol. The number of nitrogens with zero attached hydrogens (tertiary/aromatic N) is 1. The number of aromatic nitrogens is 1. The summed E-state index contributed by atoms with van der Waals surface area (Å²) in [6.45, 7) is 0. The maximum absolute atomic E-state index is 12.7. The largest absolute Gasteiger partial charge is 0.322 e. The number of ketones is 1. The van der Waals surface area contributed by atoms with Gasteiger partial charge in [-0.25, -0.2) is 0 Å². The van der Waals surface area contributed by atoms with E-state index in [1.54, 1.807) is 18.3 Å². The maximum atomic E-state index is 12.7. The number of carbonyl (C=O) groups excluding carboxylic acids is 2. The molecule has 4 heteroatoms. The van der Waals surface area contributed by atoms with E-state index in [2.05, 4.69) is 10.3 Å². The number of pyridine rings is 1. The van der Waals surface area contributed by atoms with Crippen LogP contribution in [0, 0.1) is 0 Å². The Kier molecular flexibility index (Phi) is 3.37. The number of hydrogen-bond acceptors (Lipinski definition) is 3. The lowest BCUT2D eigenvalue weighted by molar-refractivity contribution is 0.102. The molecule has 0 saturated heterocycles. The zero-order chi connectivity index (χ0) is 18.4. The molecule has 27 heavy (non-hydrogen) atoms. The lowest BCUT2D eigenvalue weighted by atomic mass is 10.0. The molecule has 4 nitrogen and oxygen atoms in total. The van der Waals surface area contributed by atoms with Crippen molar-refractivity contribution in [1.82, 2.24) is 4.98 Å². The Morgan fingerprint density at radius 2 is 1.59 bits per heavy atom. The normalized spacial score (nSPS) is 11.9. The molecule has 128 valence electrons. The number of fused-ring (bicyclic) bond motifs is 4. The van der Waals surface area contributed by atoms with E-state index >= 15 is 0 Å². The van der Waals surface area contributed by atoms with Gasteiger partial charge < -0.3 is 5.32 Å². The summed E-state index contributed by atoms with van der Waals surface area (Å²) < 4.78 is 0. The molecule has 0 bridgehead atoms. The van der Waals surface area contributed by atoms with E-state index in [1.165, 1.54) is 0 Å². The number of nitrogens with one attached hydrogen (secondary N) is 1. The molecule has 0 fully saturated rings. The number of amides is 1. The van der Waals surface area contributed by atoms with E-state index in [0.717, 1.165) is 22.0 Å². The Balaban J connectivity index is 1.47. The molecule has 0 unspecified atom stereocenters. The minimum Gasteiger partial charge on any atom is -0.322 e. The molecule has 3 aromatic carbocycles. The molecule has 1 aliphatic carbocycles. The van der Waals surface area contributed by atoms with Crippen LogP contribution < -0.4 is 5.32 Å². The standard InChI is InChI=1S/C23H14N2O2/c26-22-19-6-2-1-5-17(19)18-10-8-15(12-20(18)22)23(27)25-16-9-7-14-4-3-11-24-21(14)13-16/h1-13H,(H,25,27). The summed E-state index contributed by atoms with van der Waals surface area (Å²) in [7, 11) is 0. The topological polar surface area (TPSA) is 59.1 Å². The Bertz CT molecular complexity index is 1240. The maximum Gasteiger partial charge on any atom is 0.255 e. The first-order valence-electron chi connectivity index (χ1n) is 8.65. The quantitative estimate of drug-likeness (QED) is 0.502. The third-order valence-corrected chi connectivity index (χ3v) is 4.85. The second-order valence-electron chi connectivity index (χ2n) is 6.50. The van der Waals surface area contributed by atoms with Crippen LogP contribution in [0.4, 0.5) is 5.69 Å². The molecule has 5 rings (SSSR count). The molecule has 0 spiro atoms. The molecule has 1 aromatic heterocycles. The molecule has 4 aromatic rings. The summed E-state index contributed by atoms with van der Waals surface area (Å²) in [4.78, 5) is 29.6. The highest BCUT2D eigenvalue weighted by Crippen LogP contribution is 2.36. The van der Waals surface area contributed by atoms with Gasteiger partial charge in [0.05, 0.1) is 5.52 Å². The number of benzene rings is 3. The second kappa shape index (κ2) is 5.88. The highest BCUT2D eigenvalue weighted by Gasteiger charge is 2.27. The van der Waals surface area contributed by atoms with Gasteiger partial charge in [-0.2, -0.15) is 0 Å². The van der Waals surface area contributed by atoms with Crippen LogP contribution in [0.25, 0.3) is 22.0 Å². The van der Waals surface area contributed by atoms with Crippen LogP contribution in [0.1, 0.15) is 26.3 Å². The van der Waals surface area contributed by atoms with E-state index in [0.29, 0.717) is 22.4 Å². The zero-order valence-electron chi connectivity index (χ0n) is 14.3. The third kappa shape index (κ3) is 2.50. The fourth-order valence-corrected chi connectivity index (χ4v) is 3.52. The molecular formula is C23H14N2O2. The molecule has 0 aliphatic heterocycles. The van der Waals surface area contributed by atoms with Crippen molar-refractivity contribution in [3.05, 3.63) is 95.7 Å². The predicted octanol–water partition coefficient (Wildman–Crippen LogP) is 4.70. The molecule has 0 saturated carbocycles. The van der Waals surface area contributed by atoms with Crippen molar-refractivity contribution in [1.29, 1.82) is 0 Å². The first-order valence-corrected chi connectivity index (χ1v) is 8.65. The van der Waals surface area contributed by atoms with Crippen LogP contribution >= 0.6 is 0 Å². The summed E-state index contributed by atoms with van der Waals surface area (Å²) in [6.07, 6.45) is 1.72. The van der Waals surface area contributed by atoms with Gasteiger partial charge in [0.25, 0.3) is 5.91 Å². The fourth-order valence-electron chi connectivity index (χ4n) is 3.52. The van der Waals surface area contributed by atoms with Gasteiger partial charge in [0.15, 0.2) is 5.78 Å². The van der Waals surface area contributed by atoms with Crippen molar-refractivity contribution in [3.8, 4) is 11.1 Å². The second-order valence-corrected chi connectivity index (χ2v) is 6.50. The summed E-state index contributed by atoms with van der Waals surface area (Å²) in [5.41, 5.74) is 4.99. The molecule has 1 aliphatic rings. The average Bonchev–Trinajstić information content (AvgIpc) is 3.00. The van der Waals surface area contributed by atoms with Gasteiger partial charge in [0, 0.05) is 34.0 Å². The lowest BCUT2D eigenvalue weighted by Gasteiger charge is -2.08. The van der Waals surface area contributed by atoms with Gasteiger partial charge in [-0.3, -0.25) is 14.6 Å². The van der Waals surface area contributed by atoms with Gasteiger partial charge in [-0.15, -0.1) is 0 Å². The number of carbonyl (C=O) groups is 2. The van der Waals surface area contributed by atoms with Crippen molar-refractivity contribution >= 4 is 28.3 Å². The smallest absolute Gasteiger partial charge is 0.255 e. The van der Waals surface area contributed by atoms with Crippen LogP contribution in [-0.4, -0.2) is 16.7 Å². The van der Waals surface area contributed by atoms with Gasteiger partial charge >= 0.3 is 0 Å². The minimum atomic E-state index is -0.253. The highest BCUT2D eigenvalue weighted by atomic mass is 16.1. The van der Waals surface area contributed by atoms with E-state index < -0.39 is 0 Å². The van der Waals surface area contributed by atoms with Gasteiger partial charge in [-0.1, -0.05) is 42.5 Å². The van der Waals surface area contributed by atoms with E-state index in [-0.39, 0.29) is 11.7 Å².